The van der Waals surface area contributed by atoms with Crippen molar-refractivity contribution in [2.45, 2.75) is 32.0 Å². The largest absolute Gasteiger partial charge is 0.497 e. The molecular formula is C21H23N3O3. The van der Waals surface area contributed by atoms with Crippen LogP contribution in [0.3, 0.4) is 0 Å². The van der Waals surface area contributed by atoms with Crippen molar-refractivity contribution < 1.29 is 14.4 Å². The molecule has 0 radical (unpaired) electrons. The number of hydrogen-bond donors (Lipinski definition) is 1. The van der Waals surface area contributed by atoms with Gasteiger partial charge < -0.3 is 14.4 Å². The van der Waals surface area contributed by atoms with Crippen LogP contribution in [-0.2, 0) is 6.54 Å². The number of aryl methyl sites for hydroxylation is 1. The molecule has 2 atom stereocenters. The lowest BCUT2D eigenvalue weighted by molar-refractivity contribution is 0.169. The number of benzene rings is 2. The number of β-amino-alcohol motifs (C(OH)–C–C–N with tert-alkyl or cyclic N) is 1. The van der Waals surface area contributed by atoms with Crippen molar-refractivity contribution in [3.8, 4) is 17.1 Å². The van der Waals surface area contributed by atoms with Gasteiger partial charge in [0.15, 0.2) is 0 Å². The van der Waals surface area contributed by atoms with Gasteiger partial charge in [0.1, 0.15) is 5.75 Å². The lowest BCUT2D eigenvalue weighted by Gasteiger charge is -2.21. The van der Waals surface area contributed by atoms with Gasteiger partial charge in [0.25, 0.3) is 0 Å². The first kappa shape index (κ1) is 17.7. The van der Waals surface area contributed by atoms with Crippen molar-refractivity contribution in [1.29, 1.82) is 0 Å². The van der Waals surface area contributed by atoms with Crippen LogP contribution in [0, 0.1) is 6.92 Å². The molecule has 1 fully saturated rings. The van der Waals surface area contributed by atoms with Crippen LogP contribution in [0.15, 0.2) is 53.1 Å². The maximum atomic E-state index is 10.2. The zero-order valence-electron chi connectivity index (χ0n) is 15.5. The summed E-state index contributed by atoms with van der Waals surface area (Å²) in [5.74, 6) is 1.87. The van der Waals surface area contributed by atoms with Crippen molar-refractivity contribution >= 4 is 0 Å². The fraction of sp³-hybridized carbons (Fsp3) is 0.333. The van der Waals surface area contributed by atoms with E-state index in [-0.39, 0.29) is 6.04 Å². The molecule has 0 aliphatic carbocycles. The Balaban J connectivity index is 1.53. The van der Waals surface area contributed by atoms with Gasteiger partial charge in [-0.3, -0.25) is 4.90 Å². The minimum atomic E-state index is -0.392. The van der Waals surface area contributed by atoms with Gasteiger partial charge in [-0.05, 0) is 43.2 Å². The molecule has 4 rings (SSSR count). The van der Waals surface area contributed by atoms with E-state index in [0.717, 1.165) is 17.9 Å². The number of nitrogens with zero attached hydrogens (tertiary/aromatic N) is 3. The Bertz CT molecular complexity index is 890. The Hall–Kier alpha value is -2.70. The number of aromatic nitrogens is 2. The predicted octanol–water partition coefficient (Wildman–Crippen LogP) is 3.36. The molecule has 1 aliphatic rings. The van der Waals surface area contributed by atoms with E-state index in [1.807, 2.05) is 24.3 Å². The summed E-state index contributed by atoms with van der Waals surface area (Å²) in [5.41, 5.74) is 3.31. The van der Waals surface area contributed by atoms with Crippen LogP contribution in [0.4, 0.5) is 0 Å². The molecule has 0 amide bonds. The Labute approximate surface area is 158 Å². The van der Waals surface area contributed by atoms with Crippen LogP contribution >= 0.6 is 0 Å². The summed E-state index contributed by atoms with van der Waals surface area (Å²) in [7, 11) is 1.63. The van der Waals surface area contributed by atoms with Gasteiger partial charge >= 0.3 is 0 Å². The summed E-state index contributed by atoms with van der Waals surface area (Å²) in [6.45, 7) is 3.41. The molecule has 1 aromatic heterocycles. The normalized spacial score (nSPS) is 20.1. The second-order valence-corrected chi connectivity index (χ2v) is 7.01. The number of hydrogen-bond acceptors (Lipinski definition) is 6. The zero-order chi connectivity index (χ0) is 18.8. The number of rotatable bonds is 5. The van der Waals surface area contributed by atoms with Gasteiger partial charge in [-0.1, -0.05) is 35.0 Å². The molecule has 0 spiro atoms. The lowest BCUT2D eigenvalue weighted by atomic mass is 10.1. The summed E-state index contributed by atoms with van der Waals surface area (Å²) in [4.78, 5) is 6.78. The molecule has 140 valence electrons. The van der Waals surface area contributed by atoms with Gasteiger partial charge in [0.05, 0.1) is 19.3 Å². The Kier molecular flexibility index (Phi) is 4.92. The summed E-state index contributed by atoms with van der Waals surface area (Å²) >= 11 is 0. The molecule has 3 aromatic rings. The van der Waals surface area contributed by atoms with Crippen LogP contribution in [0.5, 0.6) is 5.75 Å². The summed E-state index contributed by atoms with van der Waals surface area (Å²) < 4.78 is 10.7. The quantitative estimate of drug-likeness (QED) is 0.747. The van der Waals surface area contributed by atoms with Crippen LogP contribution in [0.2, 0.25) is 0 Å². The highest BCUT2D eigenvalue weighted by Crippen LogP contribution is 2.33. The van der Waals surface area contributed by atoms with Gasteiger partial charge in [0.2, 0.25) is 11.7 Å². The fourth-order valence-electron chi connectivity index (χ4n) is 3.47. The lowest BCUT2D eigenvalue weighted by Crippen LogP contribution is -2.24. The van der Waals surface area contributed by atoms with E-state index in [2.05, 4.69) is 46.2 Å². The molecular weight excluding hydrogens is 342 g/mol. The molecule has 0 bridgehead atoms. The highest BCUT2D eigenvalue weighted by molar-refractivity contribution is 5.55. The summed E-state index contributed by atoms with van der Waals surface area (Å²) in [6.07, 6.45) is 0.201. The third-order valence-electron chi connectivity index (χ3n) is 4.96. The molecule has 1 N–H and O–H groups in total. The van der Waals surface area contributed by atoms with Gasteiger partial charge in [0, 0.05) is 18.7 Å². The third kappa shape index (κ3) is 3.86. The monoisotopic (exact) mass is 365 g/mol. The minimum absolute atomic E-state index is 0.0826. The van der Waals surface area contributed by atoms with E-state index >= 15 is 0 Å². The molecule has 2 heterocycles. The summed E-state index contributed by atoms with van der Waals surface area (Å²) in [6, 6.07) is 15.9. The van der Waals surface area contributed by atoms with E-state index in [9.17, 15) is 5.11 Å². The molecule has 0 unspecified atom stereocenters. The number of likely N-dealkylation sites (tertiary alicyclic amines) is 1. The molecule has 6 nitrogen and oxygen atoms in total. The summed E-state index contributed by atoms with van der Waals surface area (Å²) in [5, 5.41) is 14.3. The van der Waals surface area contributed by atoms with Crippen LogP contribution in [0.25, 0.3) is 11.4 Å². The van der Waals surface area contributed by atoms with E-state index in [1.165, 1.54) is 11.1 Å². The smallest absolute Gasteiger partial charge is 0.244 e. The number of aliphatic hydroxyl groups is 1. The first-order valence-corrected chi connectivity index (χ1v) is 9.08. The Morgan fingerprint density at radius 3 is 2.59 bits per heavy atom. The Morgan fingerprint density at radius 1 is 1.15 bits per heavy atom. The molecule has 6 heteroatoms. The maximum Gasteiger partial charge on any atom is 0.244 e. The standard InChI is InChI=1S/C21H23N3O3/c1-14-3-5-15(6-4-14)12-24-13-17(25)11-19(24)21-22-20(23-27-21)16-7-9-18(26-2)10-8-16/h3-10,17,19,25H,11-13H2,1-2H3/t17-,19+/m1/s1. The molecule has 1 saturated heterocycles. The van der Waals surface area contributed by atoms with E-state index in [0.29, 0.717) is 24.7 Å². The second kappa shape index (κ2) is 7.50. The molecule has 0 saturated carbocycles. The van der Waals surface area contributed by atoms with E-state index in [1.54, 1.807) is 7.11 Å². The highest BCUT2D eigenvalue weighted by Gasteiger charge is 2.35. The van der Waals surface area contributed by atoms with Crippen molar-refractivity contribution in [2.75, 3.05) is 13.7 Å². The van der Waals surface area contributed by atoms with Gasteiger partial charge in [-0.15, -0.1) is 0 Å². The van der Waals surface area contributed by atoms with Crippen LogP contribution in [0.1, 0.15) is 29.5 Å². The predicted molar refractivity (Wildman–Crippen MR) is 101 cm³/mol. The van der Waals surface area contributed by atoms with Gasteiger partial charge in [-0.25, -0.2) is 0 Å². The SMILES string of the molecule is COc1ccc(-c2noc([C@@H]3C[C@@H](O)CN3Cc3ccc(C)cc3)n2)cc1. The maximum absolute atomic E-state index is 10.2. The fourth-order valence-corrected chi connectivity index (χ4v) is 3.47. The molecule has 2 aromatic carbocycles. The molecule has 1 aliphatic heterocycles. The highest BCUT2D eigenvalue weighted by atomic mass is 16.5. The topological polar surface area (TPSA) is 71.6 Å². The first-order valence-electron chi connectivity index (χ1n) is 9.08. The Morgan fingerprint density at radius 2 is 1.89 bits per heavy atom. The van der Waals surface area contributed by atoms with Crippen molar-refractivity contribution in [3.63, 3.8) is 0 Å². The number of methoxy groups -OCH3 is 1. The van der Waals surface area contributed by atoms with Crippen LogP contribution in [-0.4, -0.2) is 39.9 Å². The van der Waals surface area contributed by atoms with Crippen LogP contribution < -0.4 is 4.74 Å². The number of ether oxygens (including phenoxy) is 1. The average Bonchev–Trinajstić information content (AvgIpc) is 3.30. The van der Waals surface area contributed by atoms with Gasteiger partial charge in [-0.2, -0.15) is 4.98 Å². The molecule has 27 heavy (non-hydrogen) atoms. The zero-order valence-corrected chi connectivity index (χ0v) is 15.5. The van der Waals surface area contributed by atoms with Crippen molar-refractivity contribution in [2.24, 2.45) is 0 Å². The first-order chi connectivity index (χ1) is 13.1. The third-order valence-corrected chi connectivity index (χ3v) is 4.96. The van der Waals surface area contributed by atoms with Crippen molar-refractivity contribution in [1.82, 2.24) is 15.0 Å². The minimum Gasteiger partial charge on any atom is -0.497 e. The van der Waals surface area contributed by atoms with E-state index in [4.69, 9.17) is 9.26 Å². The van der Waals surface area contributed by atoms with E-state index < -0.39 is 6.10 Å². The van der Waals surface area contributed by atoms with Crippen molar-refractivity contribution in [3.05, 3.63) is 65.5 Å². The number of aliphatic hydroxyl groups excluding tert-OH is 1. The second-order valence-electron chi connectivity index (χ2n) is 7.01. The average molecular weight is 365 g/mol.